The van der Waals surface area contributed by atoms with Gasteiger partial charge in [0.1, 0.15) is 5.60 Å². The molecule has 0 saturated carbocycles. The Morgan fingerprint density at radius 3 is 2.36 bits per heavy atom. The summed E-state index contributed by atoms with van der Waals surface area (Å²) in [6, 6.07) is 0.0449. The minimum atomic E-state index is -3.30. The number of amides is 1. The lowest BCUT2D eigenvalue weighted by atomic mass is 10.1. The highest BCUT2D eigenvalue weighted by Crippen LogP contribution is 2.15. The second-order valence-corrected chi connectivity index (χ2v) is 10.3. The van der Waals surface area contributed by atoms with Gasteiger partial charge in [-0.05, 0) is 47.5 Å². The van der Waals surface area contributed by atoms with Crippen LogP contribution in [0.2, 0.25) is 0 Å². The Balaban J connectivity index is 0.00000729. The number of piperidine rings is 1. The molecule has 0 bridgehead atoms. The molecule has 0 aromatic carbocycles. The smallest absolute Gasteiger partial charge is 0.410 e. The van der Waals surface area contributed by atoms with E-state index in [2.05, 4.69) is 20.3 Å². The number of hydrogen-bond acceptors (Lipinski definition) is 5. The maximum absolute atomic E-state index is 12.3. The van der Waals surface area contributed by atoms with Crippen LogP contribution in [0.3, 0.4) is 0 Å². The molecule has 166 valence electrons. The number of nitrogens with one attached hydrogen (secondary N) is 3. The number of nitrogens with zero attached hydrogens (tertiary/aromatic N) is 2. The van der Waals surface area contributed by atoms with Crippen LogP contribution >= 0.6 is 24.0 Å². The molecule has 1 atom stereocenters. The fourth-order valence-electron chi connectivity index (χ4n) is 2.82. The third-order valence-corrected chi connectivity index (χ3v) is 4.72. The third kappa shape index (κ3) is 11.2. The summed E-state index contributed by atoms with van der Waals surface area (Å²) in [4.78, 5) is 18.2. The van der Waals surface area contributed by atoms with Gasteiger partial charge in [-0.1, -0.05) is 0 Å². The molecule has 0 aromatic heterocycles. The minimum absolute atomic E-state index is 0. The summed E-state index contributed by atoms with van der Waals surface area (Å²) in [5, 5.41) is 6.44. The first-order chi connectivity index (χ1) is 12.2. The molecular formula is C17H36IN5O4S. The predicted octanol–water partition coefficient (Wildman–Crippen LogP) is 1.50. The number of aliphatic imine (C=N–C) groups is 1. The second kappa shape index (κ2) is 10.8. The van der Waals surface area contributed by atoms with Gasteiger partial charge in [-0.2, -0.15) is 0 Å². The van der Waals surface area contributed by atoms with Crippen LogP contribution in [0.15, 0.2) is 4.99 Å². The predicted molar refractivity (Wildman–Crippen MR) is 123 cm³/mol. The molecule has 1 rings (SSSR count). The molecule has 28 heavy (non-hydrogen) atoms. The summed E-state index contributed by atoms with van der Waals surface area (Å²) in [5.41, 5.74) is -1.19. The largest absolute Gasteiger partial charge is 0.444 e. The molecule has 0 aliphatic carbocycles. The molecule has 1 fully saturated rings. The highest BCUT2D eigenvalue weighted by atomic mass is 127. The van der Waals surface area contributed by atoms with Crippen LogP contribution in [0.4, 0.5) is 4.79 Å². The highest BCUT2D eigenvalue weighted by Gasteiger charge is 2.28. The van der Waals surface area contributed by atoms with Crippen molar-refractivity contribution < 1.29 is 17.9 Å². The van der Waals surface area contributed by atoms with Gasteiger partial charge in [-0.3, -0.25) is 4.99 Å². The summed E-state index contributed by atoms with van der Waals surface area (Å²) >= 11 is 0. The lowest BCUT2D eigenvalue weighted by molar-refractivity contribution is 0.0193. The van der Waals surface area contributed by atoms with Crippen LogP contribution in [0.1, 0.15) is 47.5 Å². The Hall–Kier alpha value is -0.820. The van der Waals surface area contributed by atoms with E-state index in [0.717, 1.165) is 19.1 Å². The van der Waals surface area contributed by atoms with Gasteiger partial charge >= 0.3 is 6.09 Å². The van der Waals surface area contributed by atoms with E-state index in [4.69, 9.17) is 4.74 Å². The van der Waals surface area contributed by atoms with Crippen molar-refractivity contribution in [3.63, 3.8) is 0 Å². The van der Waals surface area contributed by atoms with E-state index in [1.807, 2.05) is 20.8 Å². The molecule has 11 heteroatoms. The van der Waals surface area contributed by atoms with E-state index >= 15 is 0 Å². The van der Waals surface area contributed by atoms with Crippen molar-refractivity contribution in [1.29, 1.82) is 0 Å². The van der Waals surface area contributed by atoms with Crippen LogP contribution in [0.5, 0.6) is 0 Å². The van der Waals surface area contributed by atoms with Crippen molar-refractivity contribution in [2.24, 2.45) is 4.99 Å². The van der Waals surface area contributed by atoms with Crippen molar-refractivity contribution in [3.8, 4) is 0 Å². The van der Waals surface area contributed by atoms with Crippen molar-refractivity contribution in [2.45, 2.75) is 64.6 Å². The number of rotatable bonds is 5. The van der Waals surface area contributed by atoms with Crippen LogP contribution in [-0.2, 0) is 14.8 Å². The number of ether oxygens (including phenoxy) is 1. The standard InChI is InChI=1S/C17H35N5O4S.HI/c1-16(2,3)26-15(23)22-10-8-9-13(11-22)20-14(18-6)19-12-17(4,5)21-27(7,24)25;/h13,21H,8-12H2,1-7H3,(H2,18,19,20);1H. The number of carbonyl (C=O) groups excluding carboxylic acids is 1. The van der Waals surface area contributed by atoms with Gasteiger partial charge in [0, 0.05) is 38.3 Å². The van der Waals surface area contributed by atoms with Gasteiger partial charge in [0.15, 0.2) is 5.96 Å². The molecule has 1 heterocycles. The minimum Gasteiger partial charge on any atom is -0.444 e. The van der Waals surface area contributed by atoms with E-state index in [-0.39, 0.29) is 36.1 Å². The summed E-state index contributed by atoms with van der Waals surface area (Å²) in [5.74, 6) is 0.564. The molecular weight excluding hydrogens is 497 g/mol. The van der Waals surface area contributed by atoms with Gasteiger partial charge in [-0.15, -0.1) is 24.0 Å². The molecule has 0 aromatic rings. The lowest BCUT2D eigenvalue weighted by Crippen LogP contribution is -2.56. The summed E-state index contributed by atoms with van der Waals surface area (Å²) in [6.45, 7) is 10.7. The topological polar surface area (TPSA) is 112 Å². The third-order valence-electron chi connectivity index (χ3n) is 3.80. The Morgan fingerprint density at radius 2 is 1.86 bits per heavy atom. The quantitative estimate of drug-likeness (QED) is 0.281. The van der Waals surface area contributed by atoms with Gasteiger partial charge in [-0.25, -0.2) is 17.9 Å². The van der Waals surface area contributed by atoms with Crippen molar-refractivity contribution in [2.75, 3.05) is 32.9 Å². The van der Waals surface area contributed by atoms with Crippen LogP contribution in [-0.4, -0.2) is 75.5 Å². The Labute approximate surface area is 186 Å². The van der Waals surface area contributed by atoms with E-state index < -0.39 is 21.2 Å². The number of halogens is 1. The maximum Gasteiger partial charge on any atom is 0.410 e. The maximum atomic E-state index is 12.3. The summed E-state index contributed by atoms with van der Waals surface area (Å²) in [6.07, 6.45) is 2.60. The molecule has 1 amide bonds. The van der Waals surface area contributed by atoms with Gasteiger partial charge < -0.3 is 20.3 Å². The first-order valence-electron chi connectivity index (χ1n) is 9.15. The van der Waals surface area contributed by atoms with E-state index in [1.165, 1.54) is 0 Å². The highest BCUT2D eigenvalue weighted by molar-refractivity contribution is 14.0. The molecule has 1 unspecified atom stereocenters. The van der Waals surface area contributed by atoms with Crippen molar-refractivity contribution in [1.82, 2.24) is 20.3 Å². The summed E-state index contributed by atoms with van der Waals surface area (Å²) in [7, 11) is -1.65. The Bertz CT molecular complexity index is 646. The average Bonchev–Trinajstić information content (AvgIpc) is 2.47. The molecule has 1 aliphatic rings. The Morgan fingerprint density at radius 1 is 1.25 bits per heavy atom. The van der Waals surface area contributed by atoms with Gasteiger partial charge in [0.2, 0.25) is 10.0 Å². The first-order valence-corrected chi connectivity index (χ1v) is 11.0. The Kier molecular flexibility index (Phi) is 10.5. The fourth-order valence-corrected chi connectivity index (χ4v) is 3.89. The number of carbonyl (C=O) groups is 1. The number of sulfonamides is 1. The zero-order chi connectivity index (χ0) is 20.9. The molecule has 9 nitrogen and oxygen atoms in total. The van der Waals surface area contributed by atoms with E-state index in [0.29, 0.717) is 25.6 Å². The second-order valence-electron chi connectivity index (χ2n) is 8.59. The van der Waals surface area contributed by atoms with Crippen LogP contribution in [0, 0.1) is 0 Å². The van der Waals surface area contributed by atoms with Gasteiger partial charge in [0.25, 0.3) is 0 Å². The molecule has 3 N–H and O–H groups in total. The molecule has 1 aliphatic heterocycles. The molecule has 1 saturated heterocycles. The SMILES string of the molecule is CN=C(NCC(C)(C)NS(C)(=O)=O)NC1CCCN(C(=O)OC(C)(C)C)C1.I. The fraction of sp³-hybridized carbons (Fsp3) is 0.882. The van der Waals surface area contributed by atoms with E-state index in [1.54, 1.807) is 25.8 Å². The zero-order valence-electron chi connectivity index (χ0n) is 18.0. The molecule has 0 spiro atoms. The van der Waals surface area contributed by atoms with E-state index in [9.17, 15) is 13.2 Å². The molecule has 0 radical (unpaired) electrons. The van der Waals surface area contributed by atoms with Crippen LogP contribution in [0.25, 0.3) is 0 Å². The average molecular weight is 533 g/mol. The first kappa shape index (κ1) is 27.2. The van der Waals surface area contributed by atoms with Gasteiger partial charge in [0.05, 0.1) is 6.26 Å². The number of guanidine groups is 1. The van der Waals surface area contributed by atoms with Crippen molar-refractivity contribution >= 4 is 46.1 Å². The van der Waals surface area contributed by atoms with Crippen molar-refractivity contribution in [3.05, 3.63) is 0 Å². The lowest BCUT2D eigenvalue weighted by Gasteiger charge is -2.35. The number of hydrogen-bond donors (Lipinski definition) is 3. The normalized spacial score (nSPS) is 18.9. The number of likely N-dealkylation sites (tertiary alicyclic amines) is 1. The zero-order valence-corrected chi connectivity index (χ0v) is 21.1. The monoisotopic (exact) mass is 533 g/mol. The summed E-state index contributed by atoms with van der Waals surface area (Å²) < 4.78 is 30.9. The van der Waals surface area contributed by atoms with Crippen LogP contribution < -0.4 is 15.4 Å².